The molecule has 1 unspecified atom stereocenters. The van der Waals surface area contributed by atoms with Gasteiger partial charge in [-0.2, -0.15) is 0 Å². The number of carbonyl (C=O) groups excluding carboxylic acids is 1. The maximum atomic E-state index is 11.8. The van der Waals surface area contributed by atoms with Crippen LogP contribution in [0.15, 0.2) is 28.7 Å². The smallest absolute Gasteiger partial charge is 0.333 e. The molecule has 0 aliphatic rings. The Morgan fingerprint density at radius 1 is 1.41 bits per heavy atom. The monoisotopic (exact) mass is 301 g/mol. The summed E-state index contributed by atoms with van der Waals surface area (Å²) in [5.41, 5.74) is -0.0923. The highest BCUT2D eigenvalue weighted by atomic mass is 79.9. The maximum absolute atomic E-state index is 11.8. The van der Waals surface area contributed by atoms with E-state index >= 15 is 0 Å². The van der Waals surface area contributed by atoms with Gasteiger partial charge in [-0.1, -0.05) is 12.1 Å². The topological polar surface area (TPSA) is 47.6 Å². The van der Waals surface area contributed by atoms with Gasteiger partial charge in [0.2, 0.25) is 0 Å². The molecule has 17 heavy (non-hydrogen) atoms. The quantitative estimate of drug-likeness (QED) is 0.849. The zero-order valence-electron chi connectivity index (χ0n) is 10.1. The largest absolute Gasteiger partial charge is 0.467 e. The number of methoxy groups -OCH3 is 2. The van der Waals surface area contributed by atoms with Crippen molar-refractivity contribution in [2.45, 2.75) is 12.5 Å². The van der Waals surface area contributed by atoms with Crippen LogP contribution in [0.4, 0.5) is 5.69 Å². The lowest BCUT2D eigenvalue weighted by molar-refractivity contribution is -0.147. The van der Waals surface area contributed by atoms with Crippen molar-refractivity contribution in [2.75, 3.05) is 26.1 Å². The van der Waals surface area contributed by atoms with Gasteiger partial charge in [0.05, 0.1) is 13.7 Å². The molecule has 1 rings (SSSR count). The van der Waals surface area contributed by atoms with Crippen LogP contribution in [0.2, 0.25) is 0 Å². The molecule has 1 N–H and O–H groups in total. The average Bonchev–Trinajstić information content (AvgIpc) is 2.31. The van der Waals surface area contributed by atoms with Gasteiger partial charge in [-0.05, 0) is 35.0 Å². The van der Waals surface area contributed by atoms with Crippen molar-refractivity contribution < 1.29 is 14.3 Å². The van der Waals surface area contributed by atoms with Gasteiger partial charge in [0.25, 0.3) is 0 Å². The van der Waals surface area contributed by atoms with Crippen molar-refractivity contribution in [3.63, 3.8) is 0 Å². The van der Waals surface area contributed by atoms with E-state index in [9.17, 15) is 4.79 Å². The van der Waals surface area contributed by atoms with Gasteiger partial charge in [-0.3, -0.25) is 0 Å². The van der Waals surface area contributed by atoms with Gasteiger partial charge in [-0.15, -0.1) is 0 Å². The third-order valence-electron chi connectivity index (χ3n) is 2.35. The van der Waals surface area contributed by atoms with Gasteiger partial charge in [0.15, 0.2) is 5.54 Å². The van der Waals surface area contributed by atoms with Gasteiger partial charge in [-0.25, -0.2) is 4.79 Å². The summed E-state index contributed by atoms with van der Waals surface area (Å²) in [6.45, 7) is 1.96. The van der Waals surface area contributed by atoms with Crippen molar-refractivity contribution in [1.29, 1.82) is 0 Å². The third-order valence-corrected chi connectivity index (χ3v) is 3.04. The molecule has 0 bridgehead atoms. The first-order chi connectivity index (χ1) is 8.03. The molecule has 0 heterocycles. The fraction of sp³-hybridized carbons (Fsp3) is 0.417. The molecule has 0 radical (unpaired) electrons. The molecule has 0 aromatic heterocycles. The van der Waals surface area contributed by atoms with Crippen molar-refractivity contribution in [3.8, 4) is 0 Å². The van der Waals surface area contributed by atoms with E-state index in [1.54, 1.807) is 14.0 Å². The Balaban J connectivity index is 2.94. The van der Waals surface area contributed by atoms with Crippen LogP contribution < -0.4 is 5.32 Å². The number of rotatable bonds is 5. The Bertz CT molecular complexity index is 397. The highest BCUT2D eigenvalue weighted by molar-refractivity contribution is 9.10. The Labute approximate surface area is 109 Å². The molecule has 1 aromatic carbocycles. The molecule has 0 fully saturated rings. The summed E-state index contributed by atoms with van der Waals surface area (Å²) in [5.74, 6) is -0.366. The Morgan fingerprint density at radius 2 is 2.06 bits per heavy atom. The number of nitrogens with one attached hydrogen (secondary N) is 1. The van der Waals surface area contributed by atoms with Crippen LogP contribution in [-0.2, 0) is 14.3 Å². The Kier molecular flexibility index (Phi) is 4.96. The normalized spacial score (nSPS) is 13.9. The minimum Gasteiger partial charge on any atom is -0.467 e. The number of hydrogen-bond donors (Lipinski definition) is 1. The second kappa shape index (κ2) is 6.02. The minimum absolute atomic E-state index is 0.223. The second-order valence-electron chi connectivity index (χ2n) is 3.86. The Morgan fingerprint density at radius 3 is 2.59 bits per heavy atom. The maximum Gasteiger partial charge on any atom is 0.333 e. The van der Waals surface area contributed by atoms with E-state index in [1.165, 1.54) is 7.11 Å². The number of benzene rings is 1. The van der Waals surface area contributed by atoms with Crippen LogP contribution in [0.3, 0.4) is 0 Å². The van der Waals surface area contributed by atoms with Gasteiger partial charge in [0, 0.05) is 17.3 Å². The third kappa shape index (κ3) is 3.44. The first kappa shape index (κ1) is 14.0. The first-order valence-electron chi connectivity index (χ1n) is 5.13. The lowest BCUT2D eigenvalue weighted by atomic mass is 10.0. The number of hydrogen-bond acceptors (Lipinski definition) is 4. The van der Waals surface area contributed by atoms with E-state index in [0.29, 0.717) is 0 Å². The number of anilines is 1. The van der Waals surface area contributed by atoms with Crippen LogP contribution in [0.1, 0.15) is 6.92 Å². The summed E-state index contributed by atoms with van der Waals surface area (Å²) < 4.78 is 10.7. The lowest BCUT2D eigenvalue weighted by Gasteiger charge is -2.28. The molecule has 0 aliphatic carbocycles. The lowest BCUT2D eigenvalue weighted by Crippen LogP contribution is -2.48. The van der Waals surface area contributed by atoms with Crippen molar-refractivity contribution >= 4 is 27.6 Å². The van der Waals surface area contributed by atoms with E-state index in [0.717, 1.165) is 10.2 Å². The average molecular weight is 302 g/mol. The van der Waals surface area contributed by atoms with Crippen LogP contribution in [-0.4, -0.2) is 32.3 Å². The molecule has 1 atom stereocenters. The molecule has 0 saturated heterocycles. The van der Waals surface area contributed by atoms with Gasteiger partial charge >= 0.3 is 5.97 Å². The van der Waals surface area contributed by atoms with Crippen LogP contribution in [0.25, 0.3) is 0 Å². The van der Waals surface area contributed by atoms with Crippen LogP contribution >= 0.6 is 15.9 Å². The predicted octanol–water partition coefficient (Wildman–Crippen LogP) is 2.44. The van der Waals surface area contributed by atoms with E-state index < -0.39 is 5.54 Å². The summed E-state index contributed by atoms with van der Waals surface area (Å²) in [6.07, 6.45) is 0. The van der Waals surface area contributed by atoms with Crippen molar-refractivity contribution in [1.82, 2.24) is 0 Å². The molecule has 5 heteroatoms. The highest BCUT2D eigenvalue weighted by Gasteiger charge is 2.34. The zero-order chi connectivity index (χ0) is 12.9. The van der Waals surface area contributed by atoms with Gasteiger partial charge < -0.3 is 14.8 Å². The molecule has 0 aliphatic heterocycles. The van der Waals surface area contributed by atoms with Gasteiger partial charge in [0.1, 0.15) is 0 Å². The minimum atomic E-state index is -0.909. The van der Waals surface area contributed by atoms with Crippen molar-refractivity contribution in [3.05, 3.63) is 28.7 Å². The Hall–Kier alpha value is -1.07. The number of ether oxygens (including phenoxy) is 2. The fourth-order valence-electron chi connectivity index (χ4n) is 1.52. The summed E-state index contributed by atoms with van der Waals surface area (Å²) in [7, 11) is 2.90. The second-order valence-corrected chi connectivity index (χ2v) is 4.72. The highest BCUT2D eigenvalue weighted by Crippen LogP contribution is 2.25. The molecule has 94 valence electrons. The van der Waals surface area contributed by atoms with Crippen molar-refractivity contribution in [2.24, 2.45) is 0 Å². The molecule has 0 amide bonds. The molecular formula is C12H16BrNO3. The molecule has 1 aromatic rings. The van der Waals surface area contributed by atoms with Crippen LogP contribution in [0.5, 0.6) is 0 Å². The standard InChI is InChI=1S/C12H16BrNO3/c1-12(8-16-2,11(15)17-3)14-10-7-5-4-6-9(10)13/h4-7,14H,8H2,1-3H3. The number of para-hydroxylation sites is 1. The van der Waals surface area contributed by atoms with E-state index in [-0.39, 0.29) is 12.6 Å². The van der Waals surface area contributed by atoms with E-state index in [1.807, 2.05) is 24.3 Å². The first-order valence-corrected chi connectivity index (χ1v) is 5.93. The van der Waals surface area contributed by atoms with E-state index in [4.69, 9.17) is 9.47 Å². The summed E-state index contributed by atoms with van der Waals surface area (Å²) >= 11 is 3.42. The fourth-order valence-corrected chi connectivity index (χ4v) is 1.90. The number of halogens is 1. The molecular weight excluding hydrogens is 286 g/mol. The number of esters is 1. The zero-order valence-corrected chi connectivity index (χ0v) is 11.7. The predicted molar refractivity (Wildman–Crippen MR) is 70.1 cm³/mol. The summed E-state index contributed by atoms with van der Waals surface area (Å²) in [5, 5.41) is 3.13. The molecule has 0 saturated carbocycles. The molecule has 0 spiro atoms. The van der Waals surface area contributed by atoms with E-state index in [2.05, 4.69) is 21.2 Å². The van der Waals surface area contributed by atoms with Crippen LogP contribution in [0, 0.1) is 0 Å². The number of carbonyl (C=O) groups is 1. The molecule has 4 nitrogen and oxygen atoms in total. The summed E-state index contributed by atoms with van der Waals surface area (Å²) in [6, 6.07) is 7.56. The summed E-state index contributed by atoms with van der Waals surface area (Å²) in [4.78, 5) is 11.8. The SMILES string of the molecule is COCC(C)(Nc1ccccc1Br)C(=O)OC.